The van der Waals surface area contributed by atoms with Gasteiger partial charge in [0.05, 0.1) is 0 Å². The summed E-state index contributed by atoms with van der Waals surface area (Å²) in [7, 11) is 0. The summed E-state index contributed by atoms with van der Waals surface area (Å²) in [5.41, 5.74) is 0.996. The van der Waals surface area contributed by atoms with Crippen LogP contribution >= 0.6 is 55.0 Å². The van der Waals surface area contributed by atoms with Gasteiger partial charge in [0.1, 0.15) is 5.01 Å². The number of halogens is 3. The molecular formula is C8H3Br2ClN2S. The molecule has 0 aliphatic heterocycles. The lowest BCUT2D eigenvalue weighted by Gasteiger charge is -1.98. The van der Waals surface area contributed by atoms with Crippen molar-refractivity contribution in [3.63, 3.8) is 0 Å². The van der Waals surface area contributed by atoms with Crippen molar-refractivity contribution in [1.82, 2.24) is 9.36 Å². The summed E-state index contributed by atoms with van der Waals surface area (Å²) in [4.78, 5) is 4.09. The Morgan fingerprint density at radius 2 is 1.79 bits per heavy atom. The highest BCUT2D eigenvalue weighted by molar-refractivity contribution is 9.11. The third-order valence-corrected chi connectivity index (χ3v) is 3.46. The van der Waals surface area contributed by atoms with E-state index in [9.17, 15) is 0 Å². The normalized spacial score (nSPS) is 10.5. The van der Waals surface area contributed by atoms with Crippen LogP contribution < -0.4 is 0 Å². The Bertz CT molecular complexity index is 452. The molecule has 0 spiro atoms. The van der Waals surface area contributed by atoms with E-state index in [4.69, 9.17) is 11.6 Å². The first-order chi connectivity index (χ1) is 6.65. The van der Waals surface area contributed by atoms with Crippen molar-refractivity contribution in [2.24, 2.45) is 0 Å². The monoisotopic (exact) mass is 352 g/mol. The molecule has 0 aliphatic carbocycles. The van der Waals surface area contributed by atoms with Crippen molar-refractivity contribution in [3.8, 4) is 10.6 Å². The van der Waals surface area contributed by atoms with Gasteiger partial charge in [-0.3, -0.25) is 0 Å². The number of hydrogen-bond acceptors (Lipinski definition) is 3. The van der Waals surface area contributed by atoms with Crippen molar-refractivity contribution in [2.45, 2.75) is 0 Å². The minimum atomic E-state index is 0.293. The molecule has 0 fully saturated rings. The van der Waals surface area contributed by atoms with Gasteiger partial charge in [0.15, 0.2) is 0 Å². The zero-order valence-corrected chi connectivity index (χ0v) is 11.4. The van der Waals surface area contributed by atoms with E-state index in [1.165, 1.54) is 11.5 Å². The fourth-order valence-electron chi connectivity index (χ4n) is 1.00. The second-order valence-electron chi connectivity index (χ2n) is 2.53. The lowest BCUT2D eigenvalue weighted by atomic mass is 10.2. The highest BCUT2D eigenvalue weighted by atomic mass is 79.9. The molecule has 1 heterocycles. The number of aromatic nitrogens is 2. The predicted octanol–water partition coefficient (Wildman–Crippen LogP) is 4.38. The topological polar surface area (TPSA) is 25.8 Å². The molecule has 0 saturated heterocycles. The molecule has 2 aromatic rings. The Balaban J connectivity index is 2.51. The maximum atomic E-state index is 5.65. The van der Waals surface area contributed by atoms with Gasteiger partial charge in [-0.2, -0.15) is 4.37 Å². The molecule has 72 valence electrons. The second kappa shape index (κ2) is 4.26. The zero-order valence-electron chi connectivity index (χ0n) is 6.67. The number of benzene rings is 1. The number of rotatable bonds is 1. The molecule has 0 bridgehead atoms. The van der Waals surface area contributed by atoms with Crippen molar-refractivity contribution in [2.75, 3.05) is 0 Å². The van der Waals surface area contributed by atoms with Gasteiger partial charge < -0.3 is 0 Å². The van der Waals surface area contributed by atoms with Crippen LogP contribution in [0.15, 0.2) is 27.1 Å². The Labute approximate surface area is 107 Å². The minimum Gasteiger partial charge on any atom is -0.205 e. The molecular weight excluding hydrogens is 351 g/mol. The molecule has 14 heavy (non-hydrogen) atoms. The molecule has 0 unspecified atom stereocenters. The fraction of sp³-hybridized carbons (Fsp3) is 0. The molecule has 6 heteroatoms. The maximum Gasteiger partial charge on any atom is 0.234 e. The van der Waals surface area contributed by atoms with E-state index in [-0.39, 0.29) is 0 Å². The fourth-order valence-corrected chi connectivity index (χ4v) is 3.09. The van der Waals surface area contributed by atoms with Gasteiger partial charge in [-0.15, -0.1) is 0 Å². The Morgan fingerprint density at radius 3 is 2.29 bits per heavy atom. The van der Waals surface area contributed by atoms with Gasteiger partial charge in [-0.05, 0) is 41.3 Å². The third kappa shape index (κ3) is 2.34. The van der Waals surface area contributed by atoms with Crippen LogP contribution in [0.3, 0.4) is 0 Å². The van der Waals surface area contributed by atoms with Gasteiger partial charge in [-0.25, -0.2) is 4.98 Å². The van der Waals surface area contributed by atoms with E-state index in [0.29, 0.717) is 5.28 Å². The first-order valence-corrected chi connectivity index (χ1v) is 6.34. The quantitative estimate of drug-likeness (QED) is 0.759. The molecule has 2 rings (SSSR count). The van der Waals surface area contributed by atoms with E-state index in [0.717, 1.165) is 19.5 Å². The van der Waals surface area contributed by atoms with Crippen molar-refractivity contribution >= 4 is 55.0 Å². The first-order valence-electron chi connectivity index (χ1n) is 3.61. The predicted molar refractivity (Wildman–Crippen MR) is 65.8 cm³/mol. The van der Waals surface area contributed by atoms with Gasteiger partial charge in [0, 0.05) is 14.5 Å². The summed E-state index contributed by atoms with van der Waals surface area (Å²) in [5.74, 6) is 0. The van der Waals surface area contributed by atoms with Gasteiger partial charge >= 0.3 is 0 Å². The van der Waals surface area contributed by atoms with E-state index < -0.39 is 0 Å². The lowest BCUT2D eigenvalue weighted by Crippen LogP contribution is -1.77. The Morgan fingerprint density at radius 1 is 1.14 bits per heavy atom. The molecule has 0 saturated carbocycles. The van der Waals surface area contributed by atoms with Crippen LogP contribution in [0.5, 0.6) is 0 Å². The van der Waals surface area contributed by atoms with Gasteiger partial charge in [0.25, 0.3) is 0 Å². The second-order valence-corrected chi connectivity index (χ2v) is 5.45. The highest BCUT2D eigenvalue weighted by Crippen LogP contribution is 2.29. The van der Waals surface area contributed by atoms with Gasteiger partial charge in [0.2, 0.25) is 5.28 Å². The van der Waals surface area contributed by atoms with E-state index >= 15 is 0 Å². The average Bonchev–Trinajstić information content (AvgIpc) is 2.50. The molecule has 0 radical (unpaired) electrons. The number of hydrogen-bond donors (Lipinski definition) is 0. The molecule has 0 N–H and O–H groups in total. The minimum absolute atomic E-state index is 0.293. The third-order valence-electron chi connectivity index (χ3n) is 1.51. The molecule has 1 aromatic carbocycles. The summed E-state index contributed by atoms with van der Waals surface area (Å²) < 4.78 is 5.91. The molecule has 0 amide bonds. The van der Waals surface area contributed by atoms with Gasteiger partial charge in [-0.1, -0.05) is 31.9 Å². The summed E-state index contributed by atoms with van der Waals surface area (Å²) in [6.45, 7) is 0. The molecule has 0 aliphatic rings. The van der Waals surface area contributed by atoms with Crippen LogP contribution in [0.2, 0.25) is 5.28 Å². The zero-order chi connectivity index (χ0) is 10.1. The largest absolute Gasteiger partial charge is 0.234 e. The lowest BCUT2D eigenvalue weighted by molar-refractivity contribution is 1.33. The highest BCUT2D eigenvalue weighted by Gasteiger charge is 2.06. The summed E-state index contributed by atoms with van der Waals surface area (Å²) in [6, 6.07) is 5.91. The smallest absolute Gasteiger partial charge is 0.205 e. The Hall–Kier alpha value is 0.0300. The summed E-state index contributed by atoms with van der Waals surface area (Å²) in [5, 5.41) is 1.11. The van der Waals surface area contributed by atoms with E-state index in [2.05, 4.69) is 41.2 Å². The van der Waals surface area contributed by atoms with E-state index in [1.54, 1.807) is 0 Å². The van der Waals surface area contributed by atoms with Crippen LogP contribution in [0.25, 0.3) is 10.6 Å². The molecule has 2 nitrogen and oxygen atoms in total. The van der Waals surface area contributed by atoms with Crippen molar-refractivity contribution < 1.29 is 0 Å². The molecule has 1 aromatic heterocycles. The van der Waals surface area contributed by atoms with Crippen LogP contribution in [0.4, 0.5) is 0 Å². The van der Waals surface area contributed by atoms with Crippen LogP contribution in [0, 0.1) is 0 Å². The van der Waals surface area contributed by atoms with E-state index in [1.807, 2.05) is 18.2 Å². The maximum absolute atomic E-state index is 5.65. The summed E-state index contributed by atoms with van der Waals surface area (Å²) in [6.07, 6.45) is 0. The Kier molecular flexibility index (Phi) is 3.21. The number of nitrogens with zero attached hydrogens (tertiary/aromatic N) is 2. The van der Waals surface area contributed by atoms with Crippen molar-refractivity contribution in [1.29, 1.82) is 0 Å². The van der Waals surface area contributed by atoms with Crippen LogP contribution in [-0.2, 0) is 0 Å². The van der Waals surface area contributed by atoms with Crippen LogP contribution in [-0.4, -0.2) is 9.36 Å². The van der Waals surface area contributed by atoms with Crippen molar-refractivity contribution in [3.05, 3.63) is 32.4 Å². The standard InChI is InChI=1S/C8H3Br2ClN2S/c9-5-1-4(2-6(10)3-5)7-12-8(11)13-14-7/h1-3H. The molecule has 0 atom stereocenters. The van der Waals surface area contributed by atoms with Crippen LogP contribution in [0.1, 0.15) is 0 Å². The summed E-state index contributed by atoms with van der Waals surface area (Å²) >= 11 is 13.8. The average molecular weight is 354 g/mol. The SMILES string of the molecule is Clc1nsc(-c2cc(Br)cc(Br)c2)n1. The first kappa shape index (κ1) is 10.5.